The molecule has 1 aromatic rings. The van der Waals surface area contributed by atoms with Gasteiger partial charge in [-0.05, 0) is 61.8 Å². The number of ether oxygens (including phenoxy) is 4. The minimum Gasteiger partial charge on any atom is -0.468 e. The van der Waals surface area contributed by atoms with Crippen molar-refractivity contribution in [3.05, 3.63) is 35.5 Å². The van der Waals surface area contributed by atoms with Crippen LogP contribution in [0.5, 0.6) is 11.5 Å². The van der Waals surface area contributed by atoms with Crippen LogP contribution in [0, 0.1) is 16.7 Å². The van der Waals surface area contributed by atoms with Crippen molar-refractivity contribution in [2.24, 2.45) is 16.7 Å². The molecule has 39 heavy (non-hydrogen) atoms. The van der Waals surface area contributed by atoms with E-state index in [0.717, 1.165) is 24.8 Å². The molecule has 0 saturated carbocycles. The summed E-state index contributed by atoms with van der Waals surface area (Å²) in [4.78, 5) is 44.8. The maximum absolute atomic E-state index is 14.2. The fraction of sp³-hybridized carbons (Fsp3) is 0.633. The second-order valence-corrected chi connectivity index (χ2v) is 12.2. The molecule has 9 heteroatoms. The molecule has 0 bridgehead atoms. The quantitative estimate of drug-likeness (QED) is 0.520. The number of rotatable bonds is 5. The van der Waals surface area contributed by atoms with Gasteiger partial charge >= 0.3 is 5.97 Å². The van der Waals surface area contributed by atoms with E-state index in [2.05, 4.69) is 20.8 Å². The molecule has 0 N–H and O–H groups in total. The standard InChI is InChI=1S/C30H40N2O7/c1-19-30(28(35)36-5)16-21(14-26(33)31-11-7-6-8-12-31)27(34)32(24(30)15-25(39-19)29(2,3)4)17-20-9-10-22-23(13-20)38-18-37-22/h9-10,13,15,19,21,25H,6-8,11-12,14,16-18H2,1-5H3/t19-,21-,25-,30+/m0/s1. The van der Waals surface area contributed by atoms with E-state index in [-0.39, 0.29) is 49.5 Å². The van der Waals surface area contributed by atoms with Gasteiger partial charge in [0.15, 0.2) is 11.5 Å². The number of piperidine rings is 2. The molecule has 4 atom stereocenters. The van der Waals surface area contributed by atoms with Crippen LogP contribution in [-0.2, 0) is 30.4 Å². The molecule has 9 nitrogen and oxygen atoms in total. The number of amides is 2. The zero-order chi connectivity index (χ0) is 27.9. The maximum Gasteiger partial charge on any atom is 0.320 e. The molecule has 2 saturated heterocycles. The van der Waals surface area contributed by atoms with Crippen LogP contribution in [0.4, 0.5) is 0 Å². The summed E-state index contributed by atoms with van der Waals surface area (Å²) < 4.78 is 22.9. The van der Waals surface area contributed by atoms with Crippen LogP contribution in [0.15, 0.2) is 30.0 Å². The van der Waals surface area contributed by atoms with Crippen LogP contribution < -0.4 is 9.47 Å². The summed E-state index contributed by atoms with van der Waals surface area (Å²) in [6, 6.07) is 5.59. The topological polar surface area (TPSA) is 94.6 Å². The molecule has 4 aliphatic heterocycles. The van der Waals surface area contributed by atoms with Gasteiger partial charge in [0, 0.05) is 31.1 Å². The Morgan fingerprint density at radius 3 is 2.51 bits per heavy atom. The minimum atomic E-state index is -1.21. The first-order valence-electron chi connectivity index (χ1n) is 14.0. The maximum atomic E-state index is 14.2. The van der Waals surface area contributed by atoms with Crippen LogP contribution >= 0.6 is 0 Å². The van der Waals surface area contributed by atoms with Gasteiger partial charge in [-0.25, -0.2) is 0 Å². The van der Waals surface area contributed by atoms with Crippen molar-refractivity contribution in [2.45, 2.75) is 78.6 Å². The third kappa shape index (κ3) is 5.01. The number of carbonyl (C=O) groups excluding carboxylic acids is 3. The van der Waals surface area contributed by atoms with Crippen molar-refractivity contribution in [2.75, 3.05) is 27.0 Å². The SMILES string of the molecule is COC(=O)[C@@]12C[C@H](CC(=O)N3CCCCC3)C(=O)N(Cc3ccc4c(c3)OCO4)C1=C[C@@H](C(C)(C)C)O[C@H]2C. The van der Waals surface area contributed by atoms with Crippen molar-refractivity contribution in [3.63, 3.8) is 0 Å². The Morgan fingerprint density at radius 1 is 1.10 bits per heavy atom. The lowest BCUT2D eigenvalue weighted by Crippen LogP contribution is -2.61. The van der Waals surface area contributed by atoms with Gasteiger partial charge in [0.05, 0.1) is 25.9 Å². The number of methoxy groups -OCH3 is 1. The normalized spacial score (nSPS) is 28.6. The largest absolute Gasteiger partial charge is 0.468 e. The average Bonchev–Trinajstić information content (AvgIpc) is 3.38. The molecule has 212 valence electrons. The van der Waals surface area contributed by atoms with E-state index in [1.807, 2.05) is 36.1 Å². The lowest BCUT2D eigenvalue weighted by Gasteiger charge is -2.53. The Kier molecular flexibility index (Phi) is 7.39. The van der Waals surface area contributed by atoms with E-state index in [4.69, 9.17) is 18.9 Å². The number of carbonyl (C=O) groups is 3. The molecule has 5 rings (SSSR count). The van der Waals surface area contributed by atoms with E-state index in [0.29, 0.717) is 30.3 Å². The molecular weight excluding hydrogens is 500 g/mol. The lowest BCUT2D eigenvalue weighted by atomic mass is 9.65. The minimum absolute atomic E-state index is 0.0412. The number of fused-ring (bicyclic) bond motifs is 2. The zero-order valence-corrected chi connectivity index (χ0v) is 23.7. The highest BCUT2D eigenvalue weighted by Crippen LogP contribution is 2.52. The number of likely N-dealkylation sites (tertiary alicyclic amines) is 2. The smallest absolute Gasteiger partial charge is 0.320 e. The predicted octanol–water partition coefficient (Wildman–Crippen LogP) is 4.04. The van der Waals surface area contributed by atoms with E-state index in [9.17, 15) is 14.4 Å². The van der Waals surface area contributed by atoms with Crippen molar-refractivity contribution in [1.29, 1.82) is 0 Å². The summed E-state index contributed by atoms with van der Waals surface area (Å²) in [7, 11) is 1.36. The van der Waals surface area contributed by atoms with Gasteiger partial charge in [-0.3, -0.25) is 14.4 Å². The van der Waals surface area contributed by atoms with Gasteiger partial charge in [0.1, 0.15) is 5.41 Å². The van der Waals surface area contributed by atoms with Gasteiger partial charge in [0.2, 0.25) is 18.6 Å². The summed E-state index contributed by atoms with van der Waals surface area (Å²) in [5.41, 5.74) is -0.0508. The number of benzene rings is 1. The first-order valence-corrected chi connectivity index (χ1v) is 14.0. The Labute approximate surface area is 230 Å². The van der Waals surface area contributed by atoms with E-state index >= 15 is 0 Å². The summed E-state index contributed by atoms with van der Waals surface area (Å²) in [5.74, 6) is -0.0561. The highest BCUT2D eigenvalue weighted by atomic mass is 16.7. The first-order chi connectivity index (χ1) is 18.5. The van der Waals surface area contributed by atoms with E-state index in [1.165, 1.54) is 7.11 Å². The van der Waals surface area contributed by atoms with Crippen molar-refractivity contribution in [1.82, 2.24) is 9.80 Å². The van der Waals surface area contributed by atoms with Gasteiger partial charge in [-0.1, -0.05) is 26.8 Å². The average molecular weight is 541 g/mol. The van der Waals surface area contributed by atoms with Gasteiger partial charge in [0.25, 0.3) is 0 Å². The first kappa shape index (κ1) is 27.5. The fourth-order valence-corrected chi connectivity index (χ4v) is 6.31. The second kappa shape index (κ2) is 10.5. The van der Waals surface area contributed by atoms with Gasteiger partial charge < -0.3 is 28.7 Å². The second-order valence-electron chi connectivity index (χ2n) is 12.2. The molecule has 2 fully saturated rings. The summed E-state index contributed by atoms with van der Waals surface area (Å²) in [6.45, 7) is 9.87. The lowest BCUT2D eigenvalue weighted by molar-refractivity contribution is -0.180. The number of esters is 1. The molecule has 4 heterocycles. The Bertz CT molecular complexity index is 1170. The number of hydrogen-bond acceptors (Lipinski definition) is 7. The highest BCUT2D eigenvalue weighted by molar-refractivity contribution is 5.92. The van der Waals surface area contributed by atoms with Crippen molar-refractivity contribution < 1.29 is 33.3 Å². The molecule has 0 unspecified atom stereocenters. The van der Waals surface area contributed by atoms with Crippen LogP contribution in [0.25, 0.3) is 0 Å². The molecule has 0 aliphatic carbocycles. The van der Waals surface area contributed by atoms with Crippen LogP contribution in [0.3, 0.4) is 0 Å². The van der Waals surface area contributed by atoms with Gasteiger partial charge in [-0.15, -0.1) is 0 Å². The van der Waals surface area contributed by atoms with Crippen LogP contribution in [-0.4, -0.2) is 66.8 Å². The molecule has 4 aliphatic rings. The van der Waals surface area contributed by atoms with Crippen LogP contribution in [0.1, 0.15) is 65.4 Å². The molecule has 1 aromatic carbocycles. The Hall–Kier alpha value is -3.07. The predicted molar refractivity (Wildman–Crippen MR) is 143 cm³/mol. The summed E-state index contributed by atoms with van der Waals surface area (Å²) >= 11 is 0. The molecule has 0 spiro atoms. The zero-order valence-electron chi connectivity index (χ0n) is 23.7. The van der Waals surface area contributed by atoms with Crippen molar-refractivity contribution in [3.8, 4) is 11.5 Å². The van der Waals surface area contributed by atoms with E-state index < -0.39 is 23.4 Å². The Morgan fingerprint density at radius 2 is 1.82 bits per heavy atom. The third-order valence-corrected chi connectivity index (χ3v) is 8.60. The van der Waals surface area contributed by atoms with Crippen LogP contribution in [0.2, 0.25) is 0 Å². The van der Waals surface area contributed by atoms with E-state index in [1.54, 1.807) is 4.90 Å². The highest BCUT2D eigenvalue weighted by Gasteiger charge is 2.60. The summed E-state index contributed by atoms with van der Waals surface area (Å²) in [5, 5.41) is 0. The fourth-order valence-electron chi connectivity index (χ4n) is 6.31. The molecule has 0 aromatic heterocycles. The molecule has 0 radical (unpaired) electrons. The molecular formula is C30H40N2O7. The number of hydrogen-bond donors (Lipinski definition) is 0. The molecule has 2 amide bonds. The van der Waals surface area contributed by atoms with Crippen molar-refractivity contribution >= 4 is 17.8 Å². The number of nitrogens with zero attached hydrogens (tertiary/aromatic N) is 2. The monoisotopic (exact) mass is 540 g/mol. The van der Waals surface area contributed by atoms with Gasteiger partial charge in [-0.2, -0.15) is 0 Å². The third-order valence-electron chi connectivity index (χ3n) is 8.60. The Balaban J connectivity index is 1.56. The summed E-state index contributed by atoms with van der Waals surface area (Å²) in [6.07, 6.45) is 4.31.